The zero-order chi connectivity index (χ0) is 12.3. The lowest BCUT2D eigenvalue weighted by Gasteiger charge is -2.28. The van der Waals surface area contributed by atoms with Gasteiger partial charge in [-0.25, -0.2) is 4.98 Å². The summed E-state index contributed by atoms with van der Waals surface area (Å²) in [5.41, 5.74) is 0. The SMILES string of the molecule is CC1CCCC(Nc2ccnc(N(C)C)n2)C1. The van der Waals surface area contributed by atoms with E-state index in [4.69, 9.17) is 0 Å². The summed E-state index contributed by atoms with van der Waals surface area (Å²) in [6, 6.07) is 2.52. The molecule has 1 aromatic heterocycles. The van der Waals surface area contributed by atoms with Crippen LogP contribution in [0.25, 0.3) is 0 Å². The van der Waals surface area contributed by atoms with Crippen molar-refractivity contribution in [2.75, 3.05) is 24.3 Å². The van der Waals surface area contributed by atoms with Crippen molar-refractivity contribution >= 4 is 11.8 Å². The zero-order valence-electron chi connectivity index (χ0n) is 11.0. The smallest absolute Gasteiger partial charge is 0.226 e. The molecule has 1 N–H and O–H groups in total. The normalized spacial score (nSPS) is 24.4. The van der Waals surface area contributed by atoms with Gasteiger partial charge in [0.25, 0.3) is 0 Å². The van der Waals surface area contributed by atoms with Crippen molar-refractivity contribution in [1.82, 2.24) is 9.97 Å². The Hall–Kier alpha value is -1.32. The van der Waals surface area contributed by atoms with Crippen LogP contribution in [-0.4, -0.2) is 30.1 Å². The maximum absolute atomic E-state index is 4.50. The van der Waals surface area contributed by atoms with Crippen molar-refractivity contribution in [2.45, 2.75) is 38.6 Å². The molecule has 1 fully saturated rings. The largest absolute Gasteiger partial charge is 0.367 e. The molecule has 2 unspecified atom stereocenters. The molecule has 0 spiro atoms. The first-order chi connectivity index (χ1) is 8.15. The number of nitrogens with one attached hydrogen (secondary N) is 1. The maximum atomic E-state index is 4.50. The molecule has 17 heavy (non-hydrogen) atoms. The van der Waals surface area contributed by atoms with Crippen molar-refractivity contribution in [3.8, 4) is 0 Å². The highest BCUT2D eigenvalue weighted by atomic mass is 15.2. The third-order valence-electron chi connectivity index (χ3n) is 3.33. The fourth-order valence-corrected chi connectivity index (χ4v) is 2.42. The molecular formula is C13H22N4. The molecule has 4 nitrogen and oxygen atoms in total. The van der Waals surface area contributed by atoms with Gasteiger partial charge in [0.1, 0.15) is 5.82 Å². The highest BCUT2D eigenvalue weighted by molar-refractivity contribution is 5.41. The second-order valence-electron chi connectivity index (χ2n) is 5.25. The summed E-state index contributed by atoms with van der Waals surface area (Å²) in [5, 5.41) is 3.53. The van der Waals surface area contributed by atoms with Crippen molar-refractivity contribution < 1.29 is 0 Å². The van der Waals surface area contributed by atoms with Gasteiger partial charge in [0.15, 0.2) is 0 Å². The number of hydrogen-bond donors (Lipinski definition) is 1. The minimum absolute atomic E-state index is 0.573. The van der Waals surface area contributed by atoms with E-state index in [9.17, 15) is 0 Å². The van der Waals surface area contributed by atoms with Crippen LogP contribution in [0.3, 0.4) is 0 Å². The molecule has 0 aliphatic heterocycles. The lowest BCUT2D eigenvalue weighted by atomic mass is 9.87. The van der Waals surface area contributed by atoms with E-state index in [2.05, 4.69) is 22.2 Å². The highest BCUT2D eigenvalue weighted by Crippen LogP contribution is 2.25. The van der Waals surface area contributed by atoms with Gasteiger partial charge in [0.2, 0.25) is 5.95 Å². The molecule has 1 aliphatic rings. The number of nitrogens with zero attached hydrogens (tertiary/aromatic N) is 3. The van der Waals surface area contributed by atoms with Gasteiger partial charge in [-0.15, -0.1) is 0 Å². The number of anilines is 2. The standard InChI is InChI=1S/C13H22N4/c1-10-5-4-6-11(9-10)15-12-7-8-14-13(16-12)17(2)3/h7-8,10-11H,4-6,9H2,1-3H3,(H,14,15,16). The maximum Gasteiger partial charge on any atom is 0.226 e. The van der Waals surface area contributed by atoms with Crippen LogP contribution in [0.5, 0.6) is 0 Å². The van der Waals surface area contributed by atoms with E-state index in [1.807, 2.05) is 31.3 Å². The Bertz CT molecular complexity index is 364. The van der Waals surface area contributed by atoms with Crippen molar-refractivity contribution in [2.24, 2.45) is 5.92 Å². The van der Waals surface area contributed by atoms with Crippen LogP contribution < -0.4 is 10.2 Å². The van der Waals surface area contributed by atoms with Gasteiger partial charge in [0.05, 0.1) is 0 Å². The lowest BCUT2D eigenvalue weighted by Crippen LogP contribution is -2.27. The Morgan fingerprint density at radius 3 is 2.88 bits per heavy atom. The van der Waals surface area contributed by atoms with Gasteiger partial charge >= 0.3 is 0 Å². The fraction of sp³-hybridized carbons (Fsp3) is 0.692. The Morgan fingerprint density at radius 1 is 1.35 bits per heavy atom. The van der Waals surface area contributed by atoms with E-state index >= 15 is 0 Å². The Balaban J connectivity index is 2.00. The molecule has 0 radical (unpaired) electrons. The average molecular weight is 234 g/mol. The van der Waals surface area contributed by atoms with Crippen LogP contribution in [0.15, 0.2) is 12.3 Å². The monoisotopic (exact) mass is 234 g/mol. The first-order valence-corrected chi connectivity index (χ1v) is 6.42. The Kier molecular flexibility index (Phi) is 3.82. The van der Waals surface area contributed by atoms with Gasteiger partial charge < -0.3 is 10.2 Å². The van der Waals surface area contributed by atoms with Crippen LogP contribution in [0.4, 0.5) is 11.8 Å². The first kappa shape index (κ1) is 12.1. The molecular weight excluding hydrogens is 212 g/mol. The minimum Gasteiger partial charge on any atom is -0.367 e. The van der Waals surface area contributed by atoms with E-state index in [0.29, 0.717) is 6.04 Å². The molecule has 0 amide bonds. The third kappa shape index (κ3) is 3.32. The molecule has 4 heteroatoms. The summed E-state index contributed by atoms with van der Waals surface area (Å²) in [6.45, 7) is 2.33. The predicted octanol–water partition coefficient (Wildman–Crippen LogP) is 2.53. The fourth-order valence-electron chi connectivity index (χ4n) is 2.42. The molecule has 0 bridgehead atoms. The van der Waals surface area contributed by atoms with E-state index < -0.39 is 0 Å². The lowest BCUT2D eigenvalue weighted by molar-refractivity contribution is 0.358. The van der Waals surface area contributed by atoms with E-state index in [1.54, 1.807) is 0 Å². The van der Waals surface area contributed by atoms with Gasteiger partial charge in [-0.3, -0.25) is 0 Å². The number of aromatic nitrogens is 2. The highest BCUT2D eigenvalue weighted by Gasteiger charge is 2.18. The van der Waals surface area contributed by atoms with Gasteiger partial charge in [0, 0.05) is 26.3 Å². The summed E-state index contributed by atoms with van der Waals surface area (Å²) in [5.74, 6) is 2.54. The van der Waals surface area contributed by atoms with Crippen LogP contribution in [0.1, 0.15) is 32.6 Å². The van der Waals surface area contributed by atoms with Gasteiger partial charge in [-0.1, -0.05) is 19.8 Å². The zero-order valence-corrected chi connectivity index (χ0v) is 11.0. The van der Waals surface area contributed by atoms with Gasteiger partial charge in [-0.2, -0.15) is 4.98 Å². The molecule has 2 atom stereocenters. The molecule has 0 aromatic carbocycles. The molecule has 0 saturated heterocycles. The van der Waals surface area contributed by atoms with E-state index in [0.717, 1.165) is 17.7 Å². The van der Waals surface area contributed by atoms with Crippen molar-refractivity contribution in [3.63, 3.8) is 0 Å². The Morgan fingerprint density at radius 2 is 2.18 bits per heavy atom. The number of hydrogen-bond acceptors (Lipinski definition) is 4. The first-order valence-electron chi connectivity index (χ1n) is 6.42. The molecule has 1 heterocycles. The minimum atomic E-state index is 0.573. The topological polar surface area (TPSA) is 41.1 Å². The van der Waals surface area contributed by atoms with Crippen LogP contribution in [0.2, 0.25) is 0 Å². The number of rotatable bonds is 3. The van der Waals surface area contributed by atoms with Gasteiger partial charge in [-0.05, 0) is 24.8 Å². The molecule has 94 valence electrons. The predicted molar refractivity (Wildman–Crippen MR) is 71.4 cm³/mol. The second-order valence-corrected chi connectivity index (χ2v) is 5.25. The Labute approximate surface area is 103 Å². The summed E-state index contributed by atoms with van der Waals surface area (Å²) >= 11 is 0. The van der Waals surface area contributed by atoms with Crippen molar-refractivity contribution in [3.05, 3.63) is 12.3 Å². The van der Waals surface area contributed by atoms with Crippen LogP contribution in [0, 0.1) is 5.92 Å². The second kappa shape index (κ2) is 5.34. The van der Waals surface area contributed by atoms with E-state index in [1.165, 1.54) is 25.7 Å². The summed E-state index contributed by atoms with van der Waals surface area (Å²) < 4.78 is 0. The summed E-state index contributed by atoms with van der Waals surface area (Å²) in [7, 11) is 3.92. The quantitative estimate of drug-likeness (QED) is 0.872. The van der Waals surface area contributed by atoms with Crippen LogP contribution >= 0.6 is 0 Å². The summed E-state index contributed by atoms with van der Waals surface area (Å²) in [4.78, 5) is 10.6. The third-order valence-corrected chi connectivity index (χ3v) is 3.33. The average Bonchev–Trinajstić information content (AvgIpc) is 2.29. The molecule has 1 aliphatic carbocycles. The molecule has 1 saturated carbocycles. The summed E-state index contributed by atoms with van der Waals surface area (Å²) in [6.07, 6.45) is 7.01. The van der Waals surface area contributed by atoms with Crippen molar-refractivity contribution in [1.29, 1.82) is 0 Å². The van der Waals surface area contributed by atoms with E-state index in [-0.39, 0.29) is 0 Å². The molecule has 1 aromatic rings. The van der Waals surface area contributed by atoms with Crippen LogP contribution in [-0.2, 0) is 0 Å². The molecule has 2 rings (SSSR count).